The van der Waals surface area contributed by atoms with Crippen LogP contribution in [0.25, 0.3) is 0 Å². The number of hydrogen-bond donors (Lipinski definition) is 1. The second-order valence-corrected chi connectivity index (χ2v) is 7.19. The second-order valence-electron chi connectivity index (χ2n) is 5.81. The van der Waals surface area contributed by atoms with E-state index in [1.54, 1.807) is 0 Å². The minimum atomic E-state index is 0.754. The third kappa shape index (κ3) is 2.23. The molecular formula is C15H19N3S. The van der Waals surface area contributed by atoms with Crippen LogP contribution in [0.2, 0.25) is 0 Å². The Bertz CT molecular complexity index is 594. The molecule has 1 aliphatic carbocycles. The lowest BCUT2D eigenvalue weighted by Crippen LogP contribution is -2.29. The van der Waals surface area contributed by atoms with Crippen LogP contribution in [0, 0.1) is 6.92 Å². The lowest BCUT2D eigenvalue weighted by Gasteiger charge is -2.26. The maximum Gasteiger partial charge on any atom is 0.0700 e. The van der Waals surface area contributed by atoms with Gasteiger partial charge in [-0.2, -0.15) is 5.10 Å². The van der Waals surface area contributed by atoms with E-state index in [-0.39, 0.29) is 0 Å². The van der Waals surface area contributed by atoms with Crippen molar-refractivity contribution in [3.8, 4) is 0 Å². The summed E-state index contributed by atoms with van der Waals surface area (Å²) < 4.78 is 0. The minimum absolute atomic E-state index is 0.754. The summed E-state index contributed by atoms with van der Waals surface area (Å²) in [5.41, 5.74) is 4.25. The van der Waals surface area contributed by atoms with Crippen LogP contribution in [0.15, 0.2) is 12.1 Å². The monoisotopic (exact) mass is 273 g/mol. The molecule has 19 heavy (non-hydrogen) atoms. The zero-order valence-corrected chi connectivity index (χ0v) is 12.1. The Morgan fingerprint density at radius 3 is 3.05 bits per heavy atom. The molecule has 2 aromatic rings. The highest BCUT2D eigenvalue weighted by Crippen LogP contribution is 2.42. The third-order valence-electron chi connectivity index (χ3n) is 4.18. The van der Waals surface area contributed by atoms with E-state index >= 15 is 0 Å². The summed E-state index contributed by atoms with van der Waals surface area (Å²) in [5, 5.41) is 7.82. The Hall–Kier alpha value is -1.13. The number of nitrogens with zero attached hydrogens (tertiary/aromatic N) is 2. The van der Waals surface area contributed by atoms with Crippen molar-refractivity contribution >= 4 is 11.3 Å². The van der Waals surface area contributed by atoms with Crippen molar-refractivity contribution in [1.29, 1.82) is 0 Å². The maximum atomic E-state index is 4.56. The lowest BCUT2D eigenvalue weighted by atomic mass is 10.0. The number of hydrogen-bond acceptors (Lipinski definition) is 3. The highest BCUT2D eigenvalue weighted by Gasteiger charge is 2.32. The molecule has 2 aromatic heterocycles. The maximum absolute atomic E-state index is 4.56. The Morgan fingerprint density at radius 2 is 2.32 bits per heavy atom. The summed E-state index contributed by atoms with van der Waals surface area (Å²) in [6, 6.07) is 4.50. The number of aryl methyl sites for hydroxylation is 1. The van der Waals surface area contributed by atoms with Crippen LogP contribution in [0.3, 0.4) is 0 Å². The summed E-state index contributed by atoms with van der Waals surface area (Å²) in [6.07, 6.45) is 3.79. The number of aromatic amines is 1. The molecule has 2 aliphatic rings. The molecule has 1 saturated carbocycles. The third-order valence-corrected chi connectivity index (χ3v) is 5.17. The molecule has 0 atom stereocenters. The number of rotatable bonds is 3. The van der Waals surface area contributed by atoms with E-state index < -0.39 is 0 Å². The quantitative estimate of drug-likeness (QED) is 0.931. The molecule has 1 N–H and O–H groups in total. The smallest absolute Gasteiger partial charge is 0.0700 e. The van der Waals surface area contributed by atoms with Gasteiger partial charge in [-0.25, -0.2) is 0 Å². The largest absolute Gasteiger partial charge is 0.293 e. The summed E-state index contributed by atoms with van der Waals surface area (Å²) >= 11 is 1.92. The average molecular weight is 273 g/mol. The second kappa shape index (κ2) is 4.46. The molecular weight excluding hydrogens is 254 g/mol. The Balaban J connectivity index is 1.52. The van der Waals surface area contributed by atoms with Gasteiger partial charge in [-0.3, -0.25) is 10.00 Å². The SMILES string of the molecule is Cc1ccc(CN2CCc3[nH]nc(C4CC4)c3C2)s1. The van der Waals surface area contributed by atoms with Crippen molar-refractivity contribution in [3.05, 3.63) is 38.8 Å². The zero-order chi connectivity index (χ0) is 12.8. The van der Waals surface area contributed by atoms with E-state index in [0.29, 0.717) is 0 Å². The molecule has 0 spiro atoms. The first kappa shape index (κ1) is 11.7. The average Bonchev–Trinajstić information content (AvgIpc) is 3.04. The van der Waals surface area contributed by atoms with Crippen molar-refractivity contribution in [2.75, 3.05) is 6.54 Å². The first-order valence-corrected chi connectivity index (χ1v) is 7.95. The normalized spacial score (nSPS) is 19.6. The van der Waals surface area contributed by atoms with Gasteiger partial charge in [0.05, 0.1) is 5.69 Å². The van der Waals surface area contributed by atoms with E-state index in [4.69, 9.17) is 0 Å². The molecule has 1 fully saturated rings. The van der Waals surface area contributed by atoms with Crippen LogP contribution in [-0.2, 0) is 19.5 Å². The number of H-pyrrole nitrogens is 1. The molecule has 0 amide bonds. The first-order valence-electron chi connectivity index (χ1n) is 7.13. The standard InChI is InChI=1S/C15H19N3S/c1-10-2-5-12(19-10)8-18-7-6-14-13(9-18)15(17-16-14)11-3-4-11/h2,5,11H,3-4,6-9H2,1H3,(H,16,17). The Labute approximate surface area is 117 Å². The van der Waals surface area contributed by atoms with Crippen molar-refractivity contribution in [1.82, 2.24) is 15.1 Å². The van der Waals surface area contributed by atoms with Gasteiger partial charge in [0.25, 0.3) is 0 Å². The van der Waals surface area contributed by atoms with Gasteiger partial charge in [-0.1, -0.05) is 0 Å². The molecule has 0 unspecified atom stereocenters. The van der Waals surface area contributed by atoms with Gasteiger partial charge in [0.2, 0.25) is 0 Å². The molecule has 3 nitrogen and oxygen atoms in total. The van der Waals surface area contributed by atoms with Gasteiger partial charge < -0.3 is 0 Å². The highest BCUT2D eigenvalue weighted by atomic mass is 32.1. The van der Waals surface area contributed by atoms with Crippen LogP contribution >= 0.6 is 11.3 Å². The number of fused-ring (bicyclic) bond motifs is 1. The fourth-order valence-corrected chi connectivity index (χ4v) is 3.93. The lowest BCUT2D eigenvalue weighted by molar-refractivity contribution is 0.246. The molecule has 0 bridgehead atoms. The van der Waals surface area contributed by atoms with E-state index in [1.165, 1.54) is 39.5 Å². The predicted molar refractivity (Wildman–Crippen MR) is 77.4 cm³/mol. The molecule has 4 heteroatoms. The fourth-order valence-electron chi connectivity index (χ4n) is 2.99. The van der Waals surface area contributed by atoms with Crippen molar-refractivity contribution in [3.63, 3.8) is 0 Å². The van der Waals surface area contributed by atoms with Crippen LogP contribution < -0.4 is 0 Å². The molecule has 0 aromatic carbocycles. The van der Waals surface area contributed by atoms with Crippen molar-refractivity contribution < 1.29 is 0 Å². The van der Waals surface area contributed by atoms with Crippen molar-refractivity contribution in [2.24, 2.45) is 0 Å². The molecule has 0 saturated heterocycles. The molecule has 3 heterocycles. The Morgan fingerprint density at radius 1 is 1.42 bits per heavy atom. The van der Waals surface area contributed by atoms with Crippen LogP contribution in [0.4, 0.5) is 0 Å². The fraction of sp³-hybridized carbons (Fsp3) is 0.533. The summed E-state index contributed by atoms with van der Waals surface area (Å²) in [4.78, 5) is 5.46. The van der Waals surface area contributed by atoms with Gasteiger partial charge >= 0.3 is 0 Å². The van der Waals surface area contributed by atoms with Crippen molar-refractivity contribution in [2.45, 2.75) is 45.2 Å². The van der Waals surface area contributed by atoms with E-state index in [2.05, 4.69) is 34.2 Å². The van der Waals surface area contributed by atoms with Gasteiger partial charge in [-0.05, 0) is 31.9 Å². The zero-order valence-electron chi connectivity index (χ0n) is 11.3. The van der Waals surface area contributed by atoms with Crippen LogP contribution in [0.5, 0.6) is 0 Å². The van der Waals surface area contributed by atoms with Gasteiger partial charge in [-0.15, -0.1) is 11.3 Å². The molecule has 4 rings (SSSR count). The summed E-state index contributed by atoms with van der Waals surface area (Å²) in [5.74, 6) is 0.754. The number of aromatic nitrogens is 2. The van der Waals surface area contributed by atoms with Gasteiger partial charge in [0, 0.05) is 53.0 Å². The predicted octanol–water partition coefficient (Wildman–Crippen LogP) is 3.22. The number of nitrogens with one attached hydrogen (secondary N) is 1. The van der Waals surface area contributed by atoms with Gasteiger partial charge in [0.15, 0.2) is 0 Å². The topological polar surface area (TPSA) is 31.9 Å². The van der Waals surface area contributed by atoms with E-state index in [0.717, 1.165) is 32.0 Å². The van der Waals surface area contributed by atoms with Gasteiger partial charge in [0.1, 0.15) is 0 Å². The van der Waals surface area contributed by atoms with Crippen LogP contribution in [-0.4, -0.2) is 21.6 Å². The molecule has 100 valence electrons. The highest BCUT2D eigenvalue weighted by molar-refractivity contribution is 7.11. The van der Waals surface area contributed by atoms with Crippen LogP contribution in [0.1, 0.15) is 45.5 Å². The van der Waals surface area contributed by atoms with E-state index in [1.807, 2.05) is 11.3 Å². The summed E-state index contributed by atoms with van der Waals surface area (Å²) in [6.45, 7) is 5.50. The number of thiophene rings is 1. The first-order chi connectivity index (χ1) is 9.29. The molecule has 1 aliphatic heterocycles. The van der Waals surface area contributed by atoms with E-state index in [9.17, 15) is 0 Å². The summed E-state index contributed by atoms with van der Waals surface area (Å²) in [7, 11) is 0. The Kier molecular flexibility index (Phi) is 2.74. The minimum Gasteiger partial charge on any atom is -0.293 e. The molecule has 0 radical (unpaired) electrons.